The number of para-hydroxylation sites is 1. The van der Waals surface area contributed by atoms with Crippen LogP contribution in [0.5, 0.6) is 5.75 Å². The Kier molecular flexibility index (Phi) is 6.81. The van der Waals surface area contributed by atoms with Crippen molar-refractivity contribution in [3.63, 3.8) is 0 Å². The first-order valence-electron chi connectivity index (χ1n) is 9.80. The van der Waals surface area contributed by atoms with Crippen LogP contribution in [0.3, 0.4) is 0 Å². The lowest BCUT2D eigenvalue weighted by atomic mass is 10.2. The minimum absolute atomic E-state index is 0.0221. The Morgan fingerprint density at radius 1 is 1.25 bits per heavy atom. The minimum Gasteiger partial charge on any atom is -0.484 e. The second-order valence-electron chi connectivity index (χ2n) is 7.18. The van der Waals surface area contributed by atoms with Gasteiger partial charge in [0.15, 0.2) is 12.4 Å². The third-order valence-electron chi connectivity index (χ3n) is 4.99. The molecule has 0 bridgehead atoms. The molecule has 7 nitrogen and oxygen atoms in total. The number of carbonyl (C=O) groups excluding carboxylic acids is 1. The average Bonchev–Trinajstić information content (AvgIpc) is 3.02. The van der Waals surface area contributed by atoms with Crippen LogP contribution in [-0.2, 0) is 17.8 Å². The van der Waals surface area contributed by atoms with Crippen molar-refractivity contribution in [2.45, 2.75) is 39.8 Å². The molecule has 0 spiro atoms. The molecule has 1 amide bonds. The molecule has 150 valence electrons. The summed E-state index contributed by atoms with van der Waals surface area (Å²) in [5, 5.41) is 11.7. The van der Waals surface area contributed by atoms with E-state index in [-0.39, 0.29) is 18.6 Å². The Hall–Kier alpha value is -2.67. The predicted molar refractivity (Wildman–Crippen MR) is 108 cm³/mol. The van der Waals surface area contributed by atoms with Crippen LogP contribution in [0, 0.1) is 0 Å². The molecule has 0 saturated heterocycles. The van der Waals surface area contributed by atoms with Gasteiger partial charge in [0.25, 0.3) is 5.91 Å². The normalized spacial score (nSPS) is 16.2. The minimum atomic E-state index is -0.225. The summed E-state index contributed by atoms with van der Waals surface area (Å²) in [6.45, 7) is 9.87. The molecular formula is C21H29N5O2. The molecule has 1 atom stereocenters. The lowest BCUT2D eigenvalue weighted by molar-refractivity contribution is -0.123. The Morgan fingerprint density at radius 3 is 2.79 bits per heavy atom. The largest absolute Gasteiger partial charge is 0.484 e. The SMILES string of the molecule is C/C=C(\C)CN1CCc2nnc([C@@H](C)NC(=O)COc3ccccc3)n2CC1. The van der Waals surface area contributed by atoms with Crippen LogP contribution in [0.1, 0.15) is 38.5 Å². The van der Waals surface area contributed by atoms with Gasteiger partial charge in [0.1, 0.15) is 11.6 Å². The number of ether oxygens (including phenoxy) is 1. The lowest BCUT2D eigenvalue weighted by Gasteiger charge is -2.20. The summed E-state index contributed by atoms with van der Waals surface area (Å²) in [7, 11) is 0. The summed E-state index contributed by atoms with van der Waals surface area (Å²) in [5.74, 6) is 2.29. The zero-order valence-corrected chi connectivity index (χ0v) is 16.9. The highest BCUT2D eigenvalue weighted by Gasteiger charge is 2.22. The van der Waals surface area contributed by atoms with E-state index >= 15 is 0 Å². The van der Waals surface area contributed by atoms with Gasteiger partial charge in [0, 0.05) is 32.6 Å². The first kappa shape index (κ1) is 20.1. The smallest absolute Gasteiger partial charge is 0.258 e. The Morgan fingerprint density at radius 2 is 2.04 bits per heavy atom. The molecule has 0 aliphatic carbocycles. The van der Waals surface area contributed by atoms with Gasteiger partial charge in [0.05, 0.1) is 6.04 Å². The predicted octanol–water partition coefficient (Wildman–Crippen LogP) is 2.36. The number of nitrogens with one attached hydrogen (secondary N) is 1. The number of hydrogen-bond donors (Lipinski definition) is 1. The van der Waals surface area contributed by atoms with Crippen LogP contribution in [0.4, 0.5) is 0 Å². The number of carbonyl (C=O) groups is 1. The van der Waals surface area contributed by atoms with Crippen LogP contribution < -0.4 is 10.1 Å². The van der Waals surface area contributed by atoms with E-state index < -0.39 is 0 Å². The number of rotatable bonds is 7. The van der Waals surface area contributed by atoms with Crippen LogP contribution in [0.25, 0.3) is 0 Å². The van der Waals surface area contributed by atoms with Crippen LogP contribution in [0.2, 0.25) is 0 Å². The molecule has 0 fully saturated rings. The molecule has 1 N–H and O–H groups in total. The maximum absolute atomic E-state index is 12.3. The van der Waals surface area contributed by atoms with Gasteiger partial charge in [-0.1, -0.05) is 29.8 Å². The van der Waals surface area contributed by atoms with Crippen LogP contribution >= 0.6 is 0 Å². The van der Waals surface area contributed by atoms with Crippen molar-refractivity contribution in [1.82, 2.24) is 25.0 Å². The Balaban J connectivity index is 1.56. The Labute approximate surface area is 166 Å². The molecule has 7 heteroatoms. The Bertz CT molecular complexity index is 815. The fourth-order valence-corrected chi connectivity index (χ4v) is 3.32. The third-order valence-corrected chi connectivity index (χ3v) is 4.99. The number of allylic oxidation sites excluding steroid dienone is 1. The van der Waals surface area contributed by atoms with Gasteiger partial charge < -0.3 is 14.6 Å². The first-order chi connectivity index (χ1) is 13.6. The van der Waals surface area contributed by atoms with Crippen molar-refractivity contribution >= 4 is 5.91 Å². The monoisotopic (exact) mass is 383 g/mol. The number of hydrogen-bond acceptors (Lipinski definition) is 5. The zero-order chi connectivity index (χ0) is 19.9. The molecule has 1 aromatic heterocycles. The van der Waals surface area contributed by atoms with E-state index in [0.29, 0.717) is 5.75 Å². The molecule has 2 heterocycles. The van der Waals surface area contributed by atoms with Crippen molar-refractivity contribution < 1.29 is 9.53 Å². The molecular weight excluding hydrogens is 354 g/mol. The summed E-state index contributed by atoms with van der Waals surface area (Å²) in [5.41, 5.74) is 1.37. The topological polar surface area (TPSA) is 72.3 Å². The molecule has 28 heavy (non-hydrogen) atoms. The second-order valence-corrected chi connectivity index (χ2v) is 7.18. The van der Waals surface area contributed by atoms with Crippen molar-refractivity contribution in [2.24, 2.45) is 0 Å². The molecule has 0 saturated carbocycles. The van der Waals surface area contributed by atoms with Gasteiger partial charge in [-0.05, 0) is 32.9 Å². The van der Waals surface area contributed by atoms with E-state index in [9.17, 15) is 4.79 Å². The highest BCUT2D eigenvalue weighted by atomic mass is 16.5. The first-order valence-corrected chi connectivity index (χ1v) is 9.80. The summed E-state index contributed by atoms with van der Waals surface area (Å²) in [4.78, 5) is 14.7. The van der Waals surface area contributed by atoms with Gasteiger partial charge >= 0.3 is 0 Å². The van der Waals surface area contributed by atoms with Crippen molar-refractivity contribution in [2.75, 3.05) is 26.2 Å². The molecule has 1 aliphatic heterocycles. The summed E-state index contributed by atoms with van der Waals surface area (Å²) >= 11 is 0. The summed E-state index contributed by atoms with van der Waals surface area (Å²) in [6.07, 6.45) is 3.02. The number of amides is 1. The van der Waals surface area contributed by atoms with Crippen LogP contribution in [0.15, 0.2) is 42.0 Å². The number of benzene rings is 1. The van der Waals surface area contributed by atoms with E-state index in [1.54, 1.807) is 0 Å². The fourth-order valence-electron chi connectivity index (χ4n) is 3.32. The third kappa shape index (κ3) is 5.19. The number of nitrogens with zero attached hydrogens (tertiary/aromatic N) is 4. The van der Waals surface area contributed by atoms with Gasteiger partial charge in [-0.25, -0.2) is 0 Å². The molecule has 0 unspecified atom stereocenters. The van der Waals surface area contributed by atoms with Gasteiger partial charge in [0.2, 0.25) is 0 Å². The van der Waals surface area contributed by atoms with Gasteiger partial charge in [-0.3, -0.25) is 9.69 Å². The highest BCUT2D eigenvalue weighted by molar-refractivity contribution is 5.77. The second kappa shape index (κ2) is 9.50. The van der Waals surface area contributed by atoms with Gasteiger partial charge in [-0.15, -0.1) is 10.2 Å². The quantitative estimate of drug-likeness (QED) is 0.743. The van der Waals surface area contributed by atoms with E-state index in [1.807, 2.05) is 37.3 Å². The van der Waals surface area contributed by atoms with Crippen molar-refractivity contribution in [1.29, 1.82) is 0 Å². The van der Waals surface area contributed by atoms with E-state index in [2.05, 4.69) is 44.9 Å². The average molecular weight is 383 g/mol. The molecule has 3 rings (SSSR count). The fraction of sp³-hybridized carbons (Fsp3) is 0.476. The standard InChI is InChI=1S/C21H29N5O2/c1-4-16(2)14-25-11-10-19-23-24-21(26(19)13-12-25)17(3)22-20(27)15-28-18-8-6-5-7-9-18/h4-9,17H,10-15H2,1-3H3,(H,22,27)/b16-4+/t17-/m1/s1. The number of fused-ring (bicyclic) bond motifs is 1. The van der Waals surface area contributed by atoms with E-state index in [1.165, 1.54) is 5.57 Å². The van der Waals surface area contributed by atoms with Crippen LogP contribution in [-0.4, -0.2) is 51.8 Å². The number of aromatic nitrogens is 3. The van der Waals surface area contributed by atoms with Crippen molar-refractivity contribution in [3.8, 4) is 5.75 Å². The molecule has 2 aromatic rings. The molecule has 1 aromatic carbocycles. The summed E-state index contributed by atoms with van der Waals surface area (Å²) < 4.78 is 7.66. The van der Waals surface area contributed by atoms with Crippen molar-refractivity contribution in [3.05, 3.63) is 53.6 Å². The van der Waals surface area contributed by atoms with Gasteiger partial charge in [-0.2, -0.15) is 0 Å². The van der Waals surface area contributed by atoms with E-state index in [4.69, 9.17) is 4.74 Å². The zero-order valence-electron chi connectivity index (χ0n) is 16.9. The van der Waals surface area contributed by atoms with E-state index in [0.717, 1.165) is 44.2 Å². The maximum Gasteiger partial charge on any atom is 0.258 e. The molecule has 0 radical (unpaired) electrons. The molecule has 1 aliphatic rings. The maximum atomic E-state index is 12.3. The lowest BCUT2D eigenvalue weighted by Crippen LogP contribution is -2.33. The highest BCUT2D eigenvalue weighted by Crippen LogP contribution is 2.16. The summed E-state index contributed by atoms with van der Waals surface area (Å²) in [6, 6.07) is 9.10.